The lowest BCUT2D eigenvalue weighted by Crippen LogP contribution is -2.17. The Morgan fingerprint density at radius 2 is 2.35 bits per heavy atom. The van der Waals surface area contributed by atoms with Crippen LogP contribution in [0.4, 0.5) is 0 Å². The molecule has 0 aliphatic heterocycles. The maximum absolute atomic E-state index is 11.9. The molecule has 0 amide bonds. The molecule has 1 aliphatic rings. The summed E-state index contributed by atoms with van der Waals surface area (Å²) in [6.07, 6.45) is 1.65. The van der Waals surface area contributed by atoms with Gasteiger partial charge < -0.3 is 4.74 Å². The van der Waals surface area contributed by atoms with Gasteiger partial charge >= 0.3 is 5.97 Å². The fraction of sp³-hybridized carbons (Fsp3) is 0.538. The van der Waals surface area contributed by atoms with Crippen molar-refractivity contribution in [2.45, 2.75) is 33.3 Å². The lowest BCUT2D eigenvalue weighted by molar-refractivity contribution is -0.147. The van der Waals surface area contributed by atoms with E-state index in [-0.39, 0.29) is 24.1 Å². The largest absolute Gasteiger partial charge is 0.459 e. The topological polar surface area (TPSA) is 73.6 Å². The minimum Gasteiger partial charge on any atom is -0.459 e. The molecule has 6 nitrogen and oxygen atoms in total. The third kappa shape index (κ3) is 2.45. The third-order valence-electron chi connectivity index (χ3n) is 3.42. The van der Waals surface area contributed by atoms with Gasteiger partial charge in [0.15, 0.2) is 0 Å². The highest BCUT2D eigenvalue weighted by Crippen LogP contribution is 2.38. The molecule has 0 spiro atoms. The second-order valence-electron chi connectivity index (χ2n) is 5.06. The average Bonchev–Trinajstić information content (AvgIpc) is 3.00. The van der Waals surface area contributed by atoms with E-state index in [0.29, 0.717) is 16.6 Å². The van der Waals surface area contributed by atoms with Gasteiger partial charge in [0, 0.05) is 6.07 Å². The molecule has 0 unspecified atom stereocenters. The SMILES string of the molecule is CCc1nn2c(=O)cc(COC(=O)[C@H]3C[C@H]3C)nc2s1. The van der Waals surface area contributed by atoms with E-state index in [4.69, 9.17) is 4.74 Å². The average molecular weight is 293 g/mol. The fourth-order valence-electron chi connectivity index (χ4n) is 2.02. The van der Waals surface area contributed by atoms with Crippen LogP contribution in [-0.4, -0.2) is 20.6 Å². The van der Waals surface area contributed by atoms with Crippen molar-refractivity contribution in [2.24, 2.45) is 11.8 Å². The summed E-state index contributed by atoms with van der Waals surface area (Å²) in [5, 5.41) is 5.02. The highest BCUT2D eigenvalue weighted by atomic mass is 32.1. The van der Waals surface area contributed by atoms with Gasteiger partial charge in [0.05, 0.1) is 11.6 Å². The van der Waals surface area contributed by atoms with E-state index in [2.05, 4.69) is 10.1 Å². The van der Waals surface area contributed by atoms with Gasteiger partial charge in [-0.15, -0.1) is 0 Å². The molecule has 2 aromatic heterocycles. The summed E-state index contributed by atoms with van der Waals surface area (Å²) in [5.41, 5.74) is 0.236. The summed E-state index contributed by atoms with van der Waals surface area (Å²) in [6.45, 7) is 4.04. The van der Waals surface area contributed by atoms with Crippen LogP contribution in [0.25, 0.3) is 4.96 Å². The second-order valence-corrected chi connectivity index (χ2v) is 6.10. The highest BCUT2D eigenvalue weighted by Gasteiger charge is 2.40. The van der Waals surface area contributed by atoms with Gasteiger partial charge in [-0.25, -0.2) is 4.98 Å². The Morgan fingerprint density at radius 1 is 1.60 bits per heavy atom. The molecule has 1 saturated carbocycles. The number of rotatable bonds is 4. The Bertz CT molecular complexity index is 721. The molecule has 0 aromatic carbocycles. The van der Waals surface area contributed by atoms with E-state index in [1.54, 1.807) is 0 Å². The van der Waals surface area contributed by atoms with Crippen molar-refractivity contribution in [3.05, 3.63) is 27.1 Å². The predicted molar refractivity (Wildman–Crippen MR) is 73.6 cm³/mol. The van der Waals surface area contributed by atoms with Crippen LogP contribution >= 0.6 is 11.3 Å². The Kier molecular flexibility index (Phi) is 3.29. The molecule has 106 valence electrons. The van der Waals surface area contributed by atoms with Gasteiger partial charge in [0.2, 0.25) is 4.96 Å². The Hall–Kier alpha value is -1.76. The Balaban J connectivity index is 1.78. The maximum atomic E-state index is 11.9. The van der Waals surface area contributed by atoms with Gasteiger partial charge in [-0.05, 0) is 18.8 Å². The standard InChI is InChI=1S/C13H15N3O3S/c1-3-10-15-16-11(17)5-8(14-13(16)20-10)6-19-12(18)9-4-7(9)2/h5,7,9H,3-4,6H2,1-2H3/t7-,9+/m1/s1. The fourth-order valence-corrected chi connectivity index (χ4v) is 2.87. The Morgan fingerprint density at radius 3 is 3.00 bits per heavy atom. The smallest absolute Gasteiger partial charge is 0.309 e. The van der Waals surface area contributed by atoms with Gasteiger partial charge in [-0.1, -0.05) is 25.2 Å². The maximum Gasteiger partial charge on any atom is 0.309 e. The number of hydrogen-bond donors (Lipinski definition) is 0. The second kappa shape index (κ2) is 4.97. The molecule has 0 bridgehead atoms. The van der Waals surface area contributed by atoms with Crippen molar-refractivity contribution < 1.29 is 9.53 Å². The number of nitrogens with zero attached hydrogens (tertiary/aromatic N) is 3. The summed E-state index contributed by atoms with van der Waals surface area (Å²) in [4.78, 5) is 28.4. The zero-order chi connectivity index (χ0) is 14.3. The zero-order valence-corrected chi connectivity index (χ0v) is 12.1. The monoisotopic (exact) mass is 293 g/mol. The van der Waals surface area contributed by atoms with E-state index in [0.717, 1.165) is 17.8 Å². The zero-order valence-electron chi connectivity index (χ0n) is 11.3. The number of carbonyl (C=O) groups excluding carboxylic acids is 1. The van der Waals surface area contributed by atoms with Gasteiger partial charge in [0.25, 0.3) is 5.56 Å². The number of esters is 1. The van der Waals surface area contributed by atoms with E-state index < -0.39 is 0 Å². The quantitative estimate of drug-likeness (QED) is 0.797. The van der Waals surface area contributed by atoms with E-state index in [1.165, 1.54) is 21.9 Å². The minimum atomic E-state index is -0.239. The molecule has 2 atom stereocenters. The number of ether oxygens (including phenoxy) is 1. The number of fused-ring (bicyclic) bond motifs is 1. The van der Waals surface area contributed by atoms with Gasteiger partial charge in [-0.2, -0.15) is 9.61 Å². The van der Waals surface area contributed by atoms with E-state index in [9.17, 15) is 9.59 Å². The van der Waals surface area contributed by atoms with Crippen molar-refractivity contribution in [1.29, 1.82) is 0 Å². The normalized spacial score (nSPS) is 21.1. The molecule has 0 radical (unpaired) electrons. The first-order valence-electron chi connectivity index (χ1n) is 6.63. The van der Waals surface area contributed by atoms with Crippen molar-refractivity contribution in [3.8, 4) is 0 Å². The minimum absolute atomic E-state index is 0.0231. The van der Waals surface area contributed by atoms with Crippen LogP contribution in [-0.2, 0) is 22.6 Å². The molecule has 1 aliphatic carbocycles. The third-order valence-corrected chi connectivity index (χ3v) is 4.47. The number of carbonyl (C=O) groups is 1. The highest BCUT2D eigenvalue weighted by molar-refractivity contribution is 7.16. The lowest BCUT2D eigenvalue weighted by Gasteiger charge is -2.03. The van der Waals surface area contributed by atoms with Crippen LogP contribution in [0.1, 0.15) is 31.0 Å². The molecule has 20 heavy (non-hydrogen) atoms. The summed E-state index contributed by atoms with van der Waals surface area (Å²) >= 11 is 1.38. The lowest BCUT2D eigenvalue weighted by atomic mass is 10.3. The molecular formula is C13H15N3O3S. The molecule has 3 rings (SSSR count). The summed E-state index contributed by atoms with van der Waals surface area (Å²) < 4.78 is 6.48. The van der Waals surface area contributed by atoms with Gasteiger partial charge in [-0.3, -0.25) is 9.59 Å². The van der Waals surface area contributed by atoms with Crippen LogP contribution in [0.3, 0.4) is 0 Å². The van der Waals surface area contributed by atoms with Crippen molar-refractivity contribution >= 4 is 22.3 Å². The van der Waals surface area contributed by atoms with Crippen LogP contribution in [0.15, 0.2) is 10.9 Å². The van der Waals surface area contributed by atoms with Gasteiger partial charge in [0.1, 0.15) is 11.6 Å². The van der Waals surface area contributed by atoms with Crippen LogP contribution in [0.5, 0.6) is 0 Å². The van der Waals surface area contributed by atoms with E-state index in [1.807, 2.05) is 13.8 Å². The number of aryl methyl sites for hydroxylation is 1. The first-order valence-corrected chi connectivity index (χ1v) is 7.45. The molecular weight excluding hydrogens is 278 g/mol. The molecule has 2 aromatic rings. The van der Waals surface area contributed by atoms with Crippen molar-refractivity contribution in [1.82, 2.24) is 14.6 Å². The summed E-state index contributed by atoms with van der Waals surface area (Å²) in [6, 6.07) is 1.37. The Labute approximate surface area is 119 Å². The van der Waals surface area contributed by atoms with Crippen LogP contribution in [0, 0.1) is 11.8 Å². The number of hydrogen-bond acceptors (Lipinski definition) is 6. The first-order chi connectivity index (χ1) is 9.58. The van der Waals surface area contributed by atoms with Crippen LogP contribution < -0.4 is 5.56 Å². The van der Waals surface area contributed by atoms with E-state index >= 15 is 0 Å². The molecule has 2 heterocycles. The molecule has 1 fully saturated rings. The summed E-state index contributed by atoms with van der Waals surface area (Å²) in [7, 11) is 0. The molecule has 0 N–H and O–H groups in total. The van der Waals surface area contributed by atoms with Crippen molar-refractivity contribution in [3.63, 3.8) is 0 Å². The first kappa shape index (κ1) is 13.2. The molecule has 7 heteroatoms. The van der Waals surface area contributed by atoms with Crippen LogP contribution in [0.2, 0.25) is 0 Å². The molecule has 0 saturated heterocycles. The summed E-state index contributed by atoms with van der Waals surface area (Å²) in [5.74, 6) is 0.241. The van der Waals surface area contributed by atoms with Crippen molar-refractivity contribution in [2.75, 3.05) is 0 Å². The predicted octanol–water partition coefficient (Wildman–Crippen LogP) is 1.41. The number of aromatic nitrogens is 3.